The first-order chi connectivity index (χ1) is 9.07. The summed E-state index contributed by atoms with van der Waals surface area (Å²) in [7, 11) is 2.06. The Balaban J connectivity index is 1.66. The Morgan fingerprint density at radius 2 is 1.58 bits per heavy atom. The second-order valence-electron chi connectivity index (χ2n) is 7.92. The van der Waals surface area contributed by atoms with Gasteiger partial charge in [0.15, 0.2) is 0 Å². The molecule has 3 nitrogen and oxygen atoms in total. The van der Waals surface area contributed by atoms with Crippen LogP contribution in [0.25, 0.3) is 0 Å². The summed E-state index contributed by atoms with van der Waals surface area (Å²) in [6, 6.07) is 0.336. The van der Waals surface area contributed by atoms with Crippen LogP contribution in [0, 0.1) is 23.2 Å². The molecule has 1 unspecified atom stereocenters. The van der Waals surface area contributed by atoms with Crippen LogP contribution in [-0.2, 0) is 4.79 Å². The Bertz CT molecular complexity index is 366. The molecule has 1 N–H and O–H groups in total. The van der Waals surface area contributed by atoms with Crippen molar-refractivity contribution in [3.05, 3.63) is 0 Å². The number of aliphatic carboxylic acids is 1. The van der Waals surface area contributed by atoms with E-state index in [1.54, 1.807) is 0 Å². The van der Waals surface area contributed by atoms with Gasteiger partial charge in [-0.3, -0.25) is 9.69 Å². The van der Waals surface area contributed by atoms with Gasteiger partial charge in [-0.25, -0.2) is 0 Å². The fourth-order valence-corrected chi connectivity index (χ4v) is 6.07. The first kappa shape index (κ1) is 12.2. The number of hydrogen-bond acceptors (Lipinski definition) is 2. The van der Waals surface area contributed by atoms with Crippen LogP contribution >= 0.6 is 0 Å². The highest BCUT2D eigenvalue weighted by Gasteiger charge is 2.58. The summed E-state index contributed by atoms with van der Waals surface area (Å²) in [5.74, 6) is 1.94. The summed E-state index contributed by atoms with van der Waals surface area (Å²) in [6.07, 6.45) is 10.1. The molecule has 0 saturated heterocycles. The lowest BCUT2D eigenvalue weighted by molar-refractivity contribution is -0.160. The van der Waals surface area contributed by atoms with E-state index >= 15 is 0 Å². The van der Waals surface area contributed by atoms with E-state index in [0.717, 1.165) is 17.8 Å². The number of rotatable bonds is 4. The normalized spacial score (nSPS) is 45.7. The first-order valence-electron chi connectivity index (χ1n) is 8.02. The molecule has 0 aromatic heterocycles. The average molecular weight is 263 g/mol. The fourth-order valence-electron chi connectivity index (χ4n) is 6.07. The standard InChI is InChI=1S/C16H25NO2/c1-17(13-2-3-13)14(15(18)19)16-7-10-4-11(8-16)6-12(5-10)9-16/h10-14H,2-9H2,1H3,(H,18,19). The molecule has 3 heteroatoms. The average Bonchev–Trinajstić information content (AvgIpc) is 3.08. The smallest absolute Gasteiger partial charge is 0.321 e. The zero-order chi connectivity index (χ0) is 13.2. The van der Waals surface area contributed by atoms with Crippen LogP contribution in [0.15, 0.2) is 0 Å². The lowest BCUT2D eigenvalue weighted by atomic mass is 9.47. The van der Waals surface area contributed by atoms with Crippen molar-refractivity contribution in [2.45, 2.75) is 63.5 Å². The Morgan fingerprint density at radius 1 is 1.11 bits per heavy atom. The number of carboxylic acid groups (broad SMARTS) is 1. The lowest BCUT2D eigenvalue weighted by Crippen LogP contribution is -2.59. The van der Waals surface area contributed by atoms with Crippen molar-refractivity contribution in [3.8, 4) is 0 Å². The third kappa shape index (κ3) is 1.84. The Kier molecular flexibility index (Phi) is 2.55. The minimum absolute atomic E-state index is 0.109. The molecule has 4 bridgehead atoms. The summed E-state index contributed by atoms with van der Waals surface area (Å²) in [5.41, 5.74) is 0.109. The number of nitrogens with zero attached hydrogens (tertiary/aromatic N) is 1. The van der Waals surface area contributed by atoms with Gasteiger partial charge in [0, 0.05) is 6.04 Å². The summed E-state index contributed by atoms with van der Waals surface area (Å²) in [5, 5.41) is 9.84. The molecule has 0 aromatic rings. The maximum atomic E-state index is 11.9. The predicted molar refractivity (Wildman–Crippen MR) is 72.8 cm³/mol. The quantitative estimate of drug-likeness (QED) is 0.848. The Labute approximate surface area is 115 Å². The van der Waals surface area contributed by atoms with Gasteiger partial charge < -0.3 is 5.11 Å². The van der Waals surface area contributed by atoms with E-state index in [9.17, 15) is 9.90 Å². The number of carbonyl (C=O) groups is 1. The summed E-state index contributed by atoms with van der Waals surface area (Å²) < 4.78 is 0. The van der Waals surface area contributed by atoms with E-state index < -0.39 is 5.97 Å². The zero-order valence-corrected chi connectivity index (χ0v) is 11.8. The SMILES string of the molecule is CN(C1CC1)C(C(=O)O)C12CC3CC(CC(C3)C1)C2. The molecule has 5 fully saturated rings. The van der Waals surface area contributed by atoms with Crippen molar-refractivity contribution in [2.75, 3.05) is 7.05 Å². The predicted octanol–water partition coefficient (Wildman–Crippen LogP) is 2.75. The Hall–Kier alpha value is -0.570. The topological polar surface area (TPSA) is 40.5 Å². The van der Waals surface area contributed by atoms with Crippen LogP contribution in [0.1, 0.15) is 51.4 Å². The van der Waals surface area contributed by atoms with E-state index in [0.29, 0.717) is 6.04 Å². The highest BCUT2D eigenvalue weighted by atomic mass is 16.4. The monoisotopic (exact) mass is 263 g/mol. The molecule has 0 spiro atoms. The molecule has 0 aliphatic heterocycles. The maximum absolute atomic E-state index is 11.9. The van der Waals surface area contributed by atoms with Crippen molar-refractivity contribution in [3.63, 3.8) is 0 Å². The van der Waals surface area contributed by atoms with Gasteiger partial charge >= 0.3 is 5.97 Å². The largest absolute Gasteiger partial charge is 0.480 e. The highest BCUT2D eigenvalue weighted by molar-refractivity contribution is 5.75. The van der Waals surface area contributed by atoms with Crippen LogP contribution < -0.4 is 0 Å². The van der Waals surface area contributed by atoms with Crippen LogP contribution in [0.5, 0.6) is 0 Å². The van der Waals surface area contributed by atoms with E-state index in [2.05, 4.69) is 11.9 Å². The molecule has 5 aliphatic rings. The van der Waals surface area contributed by atoms with Gasteiger partial charge in [0.1, 0.15) is 6.04 Å². The fraction of sp³-hybridized carbons (Fsp3) is 0.938. The molecule has 0 aromatic carbocycles. The molecule has 0 amide bonds. The van der Waals surface area contributed by atoms with E-state index in [1.165, 1.54) is 51.4 Å². The van der Waals surface area contributed by atoms with Gasteiger partial charge in [0.25, 0.3) is 0 Å². The number of likely N-dealkylation sites (N-methyl/N-ethyl adjacent to an activating group) is 1. The molecule has 5 saturated carbocycles. The van der Waals surface area contributed by atoms with Crippen molar-refractivity contribution < 1.29 is 9.90 Å². The van der Waals surface area contributed by atoms with Crippen LogP contribution in [-0.4, -0.2) is 35.1 Å². The molecule has 5 aliphatic carbocycles. The van der Waals surface area contributed by atoms with Crippen molar-refractivity contribution in [2.24, 2.45) is 23.2 Å². The van der Waals surface area contributed by atoms with Gasteiger partial charge in [-0.2, -0.15) is 0 Å². The molecule has 5 rings (SSSR count). The highest BCUT2D eigenvalue weighted by Crippen LogP contribution is 2.62. The molecule has 0 heterocycles. The first-order valence-corrected chi connectivity index (χ1v) is 8.02. The second-order valence-corrected chi connectivity index (χ2v) is 7.92. The van der Waals surface area contributed by atoms with Gasteiger partial charge in [0.05, 0.1) is 0 Å². The number of carboxylic acids is 1. The third-order valence-electron chi connectivity index (χ3n) is 6.43. The van der Waals surface area contributed by atoms with Crippen molar-refractivity contribution in [1.29, 1.82) is 0 Å². The summed E-state index contributed by atoms with van der Waals surface area (Å²) in [4.78, 5) is 14.2. The van der Waals surface area contributed by atoms with E-state index in [-0.39, 0.29) is 11.5 Å². The summed E-state index contributed by atoms with van der Waals surface area (Å²) >= 11 is 0. The molecule has 19 heavy (non-hydrogen) atoms. The van der Waals surface area contributed by atoms with Gasteiger partial charge in [0.2, 0.25) is 0 Å². The third-order valence-corrected chi connectivity index (χ3v) is 6.43. The van der Waals surface area contributed by atoms with Crippen LogP contribution in [0.2, 0.25) is 0 Å². The Morgan fingerprint density at radius 3 is 1.95 bits per heavy atom. The van der Waals surface area contributed by atoms with Crippen LogP contribution in [0.3, 0.4) is 0 Å². The van der Waals surface area contributed by atoms with Crippen LogP contribution in [0.4, 0.5) is 0 Å². The molecular formula is C16H25NO2. The second kappa shape index (κ2) is 3.97. The van der Waals surface area contributed by atoms with Gasteiger partial charge in [-0.15, -0.1) is 0 Å². The van der Waals surface area contributed by atoms with Crippen molar-refractivity contribution >= 4 is 5.97 Å². The molecule has 1 atom stereocenters. The van der Waals surface area contributed by atoms with Gasteiger partial charge in [-0.1, -0.05) is 0 Å². The molecular weight excluding hydrogens is 238 g/mol. The minimum Gasteiger partial charge on any atom is -0.480 e. The molecule has 0 radical (unpaired) electrons. The minimum atomic E-state index is -0.559. The zero-order valence-electron chi connectivity index (χ0n) is 11.8. The summed E-state index contributed by atoms with van der Waals surface area (Å²) in [6.45, 7) is 0. The number of hydrogen-bond donors (Lipinski definition) is 1. The van der Waals surface area contributed by atoms with Gasteiger partial charge in [-0.05, 0) is 81.6 Å². The van der Waals surface area contributed by atoms with Crippen molar-refractivity contribution in [1.82, 2.24) is 4.90 Å². The lowest BCUT2D eigenvalue weighted by Gasteiger charge is -2.59. The molecule has 106 valence electrons. The van der Waals surface area contributed by atoms with E-state index in [4.69, 9.17) is 0 Å². The van der Waals surface area contributed by atoms with E-state index in [1.807, 2.05) is 0 Å². The maximum Gasteiger partial charge on any atom is 0.321 e.